The molecule has 0 radical (unpaired) electrons. The van der Waals surface area contributed by atoms with E-state index < -0.39 is 0 Å². The molecule has 1 amide bonds. The monoisotopic (exact) mass is 294 g/mol. The van der Waals surface area contributed by atoms with Gasteiger partial charge in [-0.2, -0.15) is 0 Å². The van der Waals surface area contributed by atoms with Gasteiger partial charge in [-0.05, 0) is 37.6 Å². The quantitative estimate of drug-likeness (QED) is 0.647. The zero-order chi connectivity index (χ0) is 15.5. The highest BCUT2D eigenvalue weighted by Gasteiger charge is 2.06. The van der Waals surface area contributed by atoms with Crippen LogP contribution in [0.25, 0.3) is 0 Å². The van der Waals surface area contributed by atoms with Gasteiger partial charge in [-0.25, -0.2) is 0 Å². The number of methoxy groups -OCH3 is 1. The molecule has 0 saturated heterocycles. The van der Waals surface area contributed by atoms with Crippen molar-refractivity contribution in [3.8, 4) is 5.75 Å². The van der Waals surface area contributed by atoms with E-state index in [-0.39, 0.29) is 18.6 Å². The van der Waals surface area contributed by atoms with Crippen molar-refractivity contribution < 1.29 is 14.3 Å². The van der Waals surface area contributed by atoms with Gasteiger partial charge in [0.15, 0.2) is 6.61 Å². The lowest BCUT2D eigenvalue weighted by atomic mass is 10.1. The lowest BCUT2D eigenvalue weighted by Gasteiger charge is -2.14. The van der Waals surface area contributed by atoms with Gasteiger partial charge in [-0.1, -0.05) is 19.1 Å². The van der Waals surface area contributed by atoms with Gasteiger partial charge in [0.05, 0.1) is 0 Å². The highest BCUT2D eigenvalue weighted by atomic mass is 16.5. The Kier molecular flexibility index (Phi) is 8.47. The number of hydrogen-bond acceptors (Lipinski definition) is 4. The second-order valence-corrected chi connectivity index (χ2v) is 4.84. The summed E-state index contributed by atoms with van der Waals surface area (Å²) in [6.45, 7) is 6.37. The van der Waals surface area contributed by atoms with E-state index in [2.05, 4.69) is 24.5 Å². The first-order valence-corrected chi connectivity index (χ1v) is 7.39. The molecule has 2 N–H and O–H groups in total. The highest BCUT2D eigenvalue weighted by Crippen LogP contribution is 2.18. The molecular weight excluding hydrogens is 268 g/mol. The molecular formula is C16H26N2O3. The van der Waals surface area contributed by atoms with Crippen molar-refractivity contribution in [2.75, 3.05) is 33.4 Å². The minimum absolute atomic E-state index is 0.0338. The molecule has 0 aromatic heterocycles. The van der Waals surface area contributed by atoms with Crippen LogP contribution in [0.4, 0.5) is 0 Å². The van der Waals surface area contributed by atoms with Gasteiger partial charge in [-0.15, -0.1) is 0 Å². The molecule has 1 atom stereocenters. The van der Waals surface area contributed by atoms with Crippen LogP contribution in [-0.4, -0.2) is 39.3 Å². The van der Waals surface area contributed by atoms with Crippen LogP contribution in [0.3, 0.4) is 0 Å². The molecule has 0 heterocycles. The molecule has 118 valence electrons. The first-order chi connectivity index (χ1) is 10.2. The molecule has 0 aliphatic heterocycles. The lowest BCUT2D eigenvalue weighted by molar-refractivity contribution is -0.123. The first kappa shape index (κ1) is 17.5. The lowest BCUT2D eigenvalue weighted by Crippen LogP contribution is -2.30. The third kappa shape index (κ3) is 7.11. The summed E-state index contributed by atoms with van der Waals surface area (Å²) in [4.78, 5) is 11.6. The first-order valence-electron chi connectivity index (χ1n) is 7.39. The number of carbonyl (C=O) groups is 1. The van der Waals surface area contributed by atoms with Crippen LogP contribution in [0.5, 0.6) is 5.75 Å². The van der Waals surface area contributed by atoms with Crippen molar-refractivity contribution in [3.05, 3.63) is 29.8 Å². The molecule has 1 aromatic carbocycles. The Balaban J connectivity index is 2.37. The van der Waals surface area contributed by atoms with Gasteiger partial charge >= 0.3 is 0 Å². The van der Waals surface area contributed by atoms with Gasteiger partial charge in [0.25, 0.3) is 5.91 Å². The van der Waals surface area contributed by atoms with E-state index >= 15 is 0 Å². The van der Waals surface area contributed by atoms with Gasteiger partial charge in [0, 0.05) is 26.3 Å². The fraction of sp³-hybridized carbons (Fsp3) is 0.562. The molecule has 21 heavy (non-hydrogen) atoms. The zero-order valence-corrected chi connectivity index (χ0v) is 13.1. The van der Waals surface area contributed by atoms with E-state index in [9.17, 15) is 4.79 Å². The predicted molar refractivity (Wildman–Crippen MR) is 83.5 cm³/mol. The summed E-state index contributed by atoms with van der Waals surface area (Å²) in [5.74, 6) is 0.598. The van der Waals surface area contributed by atoms with E-state index in [1.54, 1.807) is 7.11 Å². The number of hydrogen-bond donors (Lipinski definition) is 2. The molecule has 5 heteroatoms. The van der Waals surface area contributed by atoms with Crippen LogP contribution >= 0.6 is 0 Å². The standard InChI is InChI=1S/C16H26N2O3/c1-4-17-13(2)14-7-5-8-15(11-14)21-12-16(19)18-9-6-10-20-3/h5,7-8,11,13,17H,4,6,9-10,12H2,1-3H3,(H,18,19). The number of nitrogens with one attached hydrogen (secondary N) is 2. The number of benzene rings is 1. The summed E-state index contributed by atoms with van der Waals surface area (Å²) in [7, 11) is 1.65. The van der Waals surface area contributed by atoms with E-state index in [0.29, 0.717) is 18.9 Å². The van der Waals surface area contributed by atoms with Crippen LogP contribution in [0.2, 0.25) is 0 Å². The molecule has 0 saturated carbocycles. The zero-order valence-electron chi connectivity index (χ0n) is 13.1. The normalized spacial score (nSPS) is 12.0. The maximum absolute atomic E-state index is 11.6. The smallest absolute Gasteiger partial charge is 0.257 e. The van der Waals surface area contributed by atoms with Crippen molar-refractivity contribution in [1.82, 2.24) is 10.6 Å². The Morgan fingerprint density at radius 3 is 2.90 bits per heavy atom. The third-order valence-corrected chi connectivity index (χ3v) is 3.09. The largest absolute Gasteiger partial charge is 0.484 e. The van der Waals surface area contributed by atoms with Gasteiger partial charge in [-0.3, -0.25) is 4.79 Å². The van der Waals surface area contributed by atoms with Gasteiger partial charge in [0.1, 0.15) is 5.75 Å². The van der Waals surface area contributed by atoms with Crippen LogP contribution in [0.15, 0.2) is 24.3 Å². The summed E-state index contributed by atoms with van der Waals surface area (Å²) < 4.78 is 10.4. The molecule has 1 unspecified atom stereocenters. The maximum Gasteiger partial charge on any atom is 0.257 e. The summed E-state index contributed by atoms with van der Waals surface area (Å²) in [5.41, 5.74) is 1.15. The molecule has 0 aliphatic carbocycles. The number of carbonyl (C=O) groups excluding carboxylic acids is 1. The van der Waals surface area contributed by atoms with Crippen LogP contribution < -0.4 is 15.4 Å². The van der Waals surface area contributed by atoms with Crippen LogP contribution in [-0.2, 0) is 9.53 Å². The summed E-state index contributed by atoms with van der Waals surface area (Å²) in [6, 6.07) is 8.08. The fourth-order valence-corrected chi connectivity index (χ4v) is 1.94. The number of amides is 1. The van der Waals surface area contributed by atoms with Crippen LogP contribution in [0.1, 0.15) is 31.9 Å². The average Bonchev–Trinajstić information content (AvgIpc) is 2.50. The number of rotatable bonds is 10. The summed E-state index contributed by atoms with van der Waals surface area (Å²) in [5, 5.41) is 6.14. The molecule has 1 aromatic rings. The van der Waals surface area contributed by atoms with E-state index in [1.807, 2.05) is 24.3 Å². The van der Waals surface area contributed by atoms with Crippen molar-refractivity contribution >= 4 is 5.91 Å². The third-order valence-electron chi connectivity index (χ3n) is 3.09. The highest BCUT2D eigenvalue weighted by molar-refractivity contribution is 5.77. The SMILES string of the molecule is CCNC(C)c1cccc(OCC(=O)NCCCOC)c1. The summed E-state index contributed by atoms with van der Waals surface area (Å²) >= 11 is 0. The van der Waals surface area contributed by atoms with Crippen molar-refractivity contribution in [2.24, 2.45) is 0 Å². The Bertz CT molecular complexity index is 424. The Morgan fingerprint density at radius 1 is 1.38 bits per heavy atom. The van der Waals surface area contributed by atoms with E-state index in [0.717, 1.165) is 18.5 Å². The molecule has 5 nitrogen and oxygen atoms in total. The predicted octanol–water partition coefficient (Wildman–Crippen LogP) is 1.89. The Morgan fingerprint density at radius 2 is 2.19 bits per heavy atom. The van der Waals surface area contributed by atoms with Crippen LogP contribution in [0, 0.1) is 0 Å². The number of ether oxygens (including phenoxy) is 2. The molecule has 0 bridgehead atoms. The van der Waals surface area contributed by atoms with Crippen molar-refractivity contribution in [3.63, 3.8) is 0 Å². The maximum atomic E-state index is 11.6. The minimum atomic E-state index is -0.115. The topological polar surface area (TPSA) is 59.6 Å². The summed E-state index contributed by atoms with van der Waals surface area (Å²) in [6.07, 6.45) is 0.803. The molecule has 0 spiro atoms. The van der Waals surface area contributed by atoms with Crippen molar-refractivity contribution in [2.45, 2.75) is 26.3 Å². The van der Waals surface area contributed by atoms with Crippen molar-refractivity contribution in [1.29, 1.82) is 0 Å². The molecule has 0 aliphatic rings. The van der Waals surface area contributed by atoms with Gasteiger partial charge < -0.3 is 20.1 Å². The second kappa shape index (κ2) is 10.2. The Labute approximate surface area is 127 Å². The van der Waals surface area contributed by atoms with Gasteiger partial charge in [0.2, 0.25) is 0 Å². The molecule has 1 rings (SSSR count). The second-order valence-electron chi connectivity index (χ2n) is 4.84. The average molecular weight is 294 g/mol. The fourth-order valence-electron chi connectivity index (χ4n) is 1.94. The minimum Gasteiger partial charge on any atom is -0.484 e. The van der Waals surface area contributed by atoms with E-state index in [4.69, 9.17) is 9.47 Å². The van der Waals surface area contributed by atoms with E-state index in [1.165, 1.54) is 0 Å². The Hall–Kier alpha value is -1.59. The molecule has 0 fully saturated rings.